The summed E-state index contributed by atoms with van der Waals surface area (Å²) in [5, 5.41) is 8.83. The van der Waals surface area contributed by atoms with Gasteiger partial charge in [0.15, 0.2) is 0 Å². The van der Waals surface area contributed by atoms with Crippen molar-refractivity contribution >= 4 is 17.6 Å². The number of pyridine rings is 1. The zero-order valence-electron chi connectivity index (χ0n) is 15.1. The number of carboxylic acids is 1. The van der Waals surface area contributed by atoms with Gasteiger partial charge in [0.25, 0.3) is 0 Å². The van der Waals surface area contributed by atoms with Crippen LogP contribution >= 0.6 is 0 Å². The van der Waals surface area contributed by atoms with Gasteiger partial charge < -0.3 is 5.11 Å². The van der Waals surface area contributed by atoms with Crippen molar-refractivity contribution in [3.05, 3.63) is 77.1 Å². The molecule has 1 fully saturated rings. The van der Waals surface area contributed by atoms with Crippen molar-refractivity contribution in [1.82, 2.24) is 9.88 Å². The Morgan fingerprint density at radius 1 is 1.15 bits per heavy atom. The lowest BCUT2D eigenvalue weighted by Gasteiger charge is -2.14. The maximum atomic E-state index is 10.8. The van der Waals surface area contributed by atoms with E-state index in [0.717, 1.165) is 42.5 Å². The van der Waals surface area contributed by atoms with Gasteiger partial charge in [-0.1, -0.05) is 42.0 Å². The van der Waals surface area contributed by atoms with Crippen LogP contribution in [0.3, 0.4) is 0 Å². The van der Waals surface area contributed by atoms with Crippen LogP contribution in [-0.2, 0) is 4.79 Å². The van der Waals surface area contributed by atoms with E-state index >= 15 is 0 Å². The Kier molecular flexibility index (Phi) is 5.97. The molecule has 0 bridgehead atoms. The second kappa shape index (κ2) is 8.59. The third kappa shape index (κ3) is 4.90. The summed E-state index contributed by atoms with van der Waals surface area (Å²) < 4.78 is 0. The Morgan fingerprint density at radius 3 is 2.58 bits per heavy atom. The Bertz CT molecular complexity index is 816. The van der Waals surface area contributed by atoms with E-state index in [-0.39, 0.29) is 0 Å². The molecule has 0 aliphatic carbocycles. The molecule has 1 aromatic heterocycles. The average Bonchev–Trinajstić information content (AvgIpc) is 3.15. The molecule has 0 spiro atoms. The van der Waals surface area contributed by atoms with Crippen molar-refractivity contribution in [1.29, 1.82) is 0 Å². The quantitative estimate of drug-likeness (QED) is 0.801. The van der Waals surface area contributed by atoms with Gasteiger partial charge in [-0.05, 0) is 56.6 Å². The number of hydrogen-bond acceptors (Lipinski definition) is 3. The molecule has 4 heteroatoms. The van der Waals surface area contributed by atoms with E-state index in [4.69, 9.17) is 5.11 Å². The van der Waals surface area contributed by atoms with E-state index in [2.05, 4.69) is 47.1 Å². The largest absolute Gasteiger partial charge is 0.478 e. The van der Waals surface area contributed by atoms with Crippen molar-refractivity contribution in [2.24, 2.45) is 0 Å². The highest BCUT2D eigenvalue weighted by Crippen LogP contribution is 2.23. The molecule has 1 aromatic carbocycles. The Hall–Kier alpha value is -2.72. The number of nitrogens with zero attached hydrogens (tertiary/aromatic N) is 2. The Labute approximate surface area is 154 Å². The third-order valence-electron chi connectivity index (χ3n) is 4.56. The average molecular weight is 348 g/mol. The lowest BCUT2D eigenvalue weighted by molar-refractivity contribution is -0.131. The fourth-order valence-electron chi connectivity index (χ4n) is 3.14. The van der Waals surface area contributed by atoms with Crippen LogP contribution in [-0.4, -0.2) is 40.6 Å². The summed E-state index contributed by atoms with van der Waals surface area (Å²) in [4.78, 5) is 17.9. The van der Waals surface area contributed by atoms with Crippen molar-refractivity contribution in [3.8, 4) is 0 Å². The predicted molar refractivity (Wildman–Crippen MR) is 105 cm³/mol. The molecule has 1 aliphatic heterocycles. The fourth-order valence-corrected chi connectivity index (χ4v) is 3.14. The molecule has 2 heterocycles. The number of benzene rings is 1. The Balaban J connectivity index is 1.94. The van der Waals surface area contributed by atoms with Crippen LogP contribution in [0.2, 0.25) is 0 Å². The lowest BCUT2D eigenvalue weighted by atomic mass is 10.00. The van der Waals surface area contributed by atoms with E-state index in [1.165, 1.54) is 24.5 Å². The number of hydrogen-bond donors (Lipinski definition) is 1. The standard InChI is InChI=1S/C22H24N2O2/c1-17-7-9-18(10-8-17)20(13-16-24-14-2-3-15-24)21-6-4-5-19(23-21)11-12-22(25)26/h4-13H,2-3,14-16H2,1H3,(H,25,26)/b12-11-,20-13-. The zero-order valence-corrected chi connectivity index (χ0v) is 15.1. The molecule has 0 atom stereocenters. The second-order valence-electron chi connectivity index (χ2n) is 6.61. The molecule has 2 aromatic rings. The molecule has 0 saturated carbocycles. The molecule has 0 amide bonds. The van der Waals surface area contributed by atoms with Crippen molar-refractivity contribution in [2.45, 2.75) is 19.8 Å². The van der Waals surface area contributed by atoms with E-state index in [9.17, 15) is 4.79 Å². The topological polar surface area (TPSA) is 53.4 Å². The molecule has 1 N–H and O–H groups in total. The third-order valence-corrected chi connectivity index (χ3v) is 4.56. The van der Waals surface area contributed by atoms with Gasteiger partial charge in [-0.3, -0.25) is 4.90 Å². The highest BCUT2D eigenvalue weighted by Gasteiger charge is 2.12. The van der Waals surface area contributed by atoms with Gasteiger partial charge in [0, 0.05) is 18.2 Å². The van der Waals surface area contributed by atoms with Crippen LogP contribution in [0.1, 0.15) is 35.4 Å². The van der Waals surface area contributed by atoms with E-state index in [1.54, 1.807) is 0 Å². The monoisotopic (exact) mass is 348 g/mol. The summed E-state index contributed by atoms with van der Waals surface area (Å²) in [5.41, 5.74) is 4.94. The SMILES string of the molecule is Cc1ccc(/C(=C/CN2CCCC2)c2cccc(/C=C\C(=O)O)n2)cc1. The van der Waals surface area contributed by atoms with Crippen LogP contribution in [0, 0.1) is 6.92 Å². The number of carbonyl (C=O) groups is 1. The highest BCUT2D eigenvalue weighted by atomic mass is 16.4. The second-order valence-corrected chi connectivity index (χ2v) is 6.61. The van der Waals surface area contributed by atoms with Crippen molar-refractivity contribution < 1.29 is 9.90 Å². The first kappa shape index (κ1) is 18.1. The molecule has 0 unspecified atom stereocenters. The van der Waals surface area contributed by atoms with Crippen LogP contribution < -0.4 is 0 Å². The molecule has 4 nitrogen and oxygen atoms in total. The molecule has 0 radical (unpaired) electrons. The first-order chi connectivity index (χ1) is 12.6. The molecule has 1 saturated heterocycles. The summed E-state index contributed by atoms with van der Waals surface area (Å²) in [6.45, 7) is 5.27. The predicted octanol–water partition coefficient (Wildman–Crippen LogP) is 4.02. The van der Waals surface area contributed by atoms with Crippen LogP contribution in [0.25, 0.3) is 11.6 Å². The molecule has 134 valence electrons. The molecule has 3 rings (SSSR count). The zero-order chi connectivity index (χ0) is 18.4. The molecular weight excluding hydrogens is 324 g/mol. The van der Waals surface area contributed by atoms with Gasteiger partial charge in [-0.2, -0.15) is 0 Å². The summed E-state index contributed by atoms with van der Waals surface area (Å²) in [6.07, 6.45) is 7.41. The maximum absolute atomic E-state index is 10.8. The smallest absolute Gasteiger partial charge is 0.328 e. The van der Waals surface area contributed by atoms with Gasteiger partial charge in [-0.15, -0.1) is 0 Å². The minimum absolute atomic E-state index is 0.643. The first-order valence-corrected chi connectivity index (χ1v) is 9.00. The number of rotatable bonds is 6. The van der Waals surface area contributed by atoms with Gasteiger partial charge >= 0.3 is 5.97 Å². The number of aryl methyl sites for hydroxylation is 1. The van der Waals surface area contributed by atoms with Gasteiger partial charge in [0.1, 0.15) is 0 Å². The normalized spacial score (nSPS) is 15.7. The maximum Gasteiger partial charge on any atom is 0.328 e. The summed E-state index contributed by atoms with van der Waals surface area (Å²) >= 11 is 0. The van der Waals surface area contributed by atoms with E-state index in [1.807, 2.05) is 18.2 Å². The molecule has 1 aliphatic rings. The van der Waals surface area contributed by atoms with E-state index < -0.39 is 5.97 Å². The minimum atomic E-state index is -0.972. The summed E-state index contributed by atoms with van der Waals surface area (Å²) in [7, 11) is 0. The van der Waals surface area contributed by atoms with E-state index in [0.29, 0.717) is 5.69 Å². The van der Waals surface area contributed by atoms with Crippen molar-refractivity contribution in [2.75, 3.05) is 19.6 Å². The number of aliphatic carboxylic acids is 1. The lowest BCUT2D eigenvalue weighted by Crippen LogP contribution is -2.19. The number of likely N-dealkylation sites (tertiary alicyclic amines) is 1. The molecular formula is C22H24N2O2. The summed E-state index contributed by atoms with van der Waals surface area (Å²) in [6, 6.07) is 14.2. The van der Waals surface area contributed by atoms with Crippen molar-refractivity contribution in [3.63, 3.8) is 0 Å². The minimum Gasteiger partial charge on any atom is -0.478 e. The Morgan fingerprint density at radius 2 is 1.88 bits per heavy atom. The fraction of sp³-hybridized carbons (Fsp3) is 0.273. The van der Waals surface area contributed by atoms with Crippen LogP contribution in [0.15, 0.2) is 54.6 Å². The van der Waals surface area contributed by atoms with Gasteiger partial charge in [0.2, 0.25) is 0 Å². The van der Waals surface area contributed by atoms with Crippen LogP contribution in [0.5, 0.6) is 0 Å². The first-order valence-electron chi connectivity index (χ1n) is 9.00. The highest BCUT2D eigenvalue weighted by molar-refractivity contribution is 5.85. The molecule has 26 heavy (non-hydrogen) atoms. The summed E-state index contributed by atoms with van der Waals surface area (Å²) in [5.74, 6) is -0.972. The van der Waals surface area contributed by atoms with Gasteiger partial charge in [-0.25, -0.2) is 9.78 Å². The van der Waals surface area contributed by atoms with Gasteiger partial charge in [0.05, 0.1) is 11.4 Å². The number of carboxylic acid groups (broad SMARTS) is 1. The van der Waals surface area contributed by atoms with Crippen LogP contribution in [0.4, 0.5) is 0 Å². The number of aromatic nitrogens is 1.